The summed E-state index contributed by atoms with van der Waals surface area (Å²) in [5.74, 6) is -1.18. The maximum absolute atomic E-state index is 13.1. The monoisotopic (exact) mass is 421 g/mol. The molecular formula is C22H23N5O4. The number of hydrogen-bond acceptors (Lipinski definition) is 4. The quantitative estimate of drug-likeness (QED) is 0.561. The van der Waals surface area contributed by atoms with Gasteiger partial charge in [-0.1, -0.05) is 42.5 Å². The normalized spacial score (nSPS) is 14.7. The SMILES string of the molecule is C[C@H](NC(=O)[C@H](Cc1ccccc1)NC(=O)N1CCn2c1nc1ccccc12)C(=O)O. The van der Waals surface area contributed by atoms with Crippen molar-refractivity contribution in [2.24, 2.45) is 0 Å². The van der Waals surface area contributed by atoms with Gasteiger partial charge in [0.1, 0.15) is 12.1 Å². The van der Waals surface area contributed by atoms with Gasteiger partial charge in [-0.2, -0.15) is 0 Å². The van der Waals surface area contributed by atoms with Crippen molar-refractivity contribution in [1.29, 1.82) is 0 Å². The molecule has 0 saturated heterocycles. The summed E-state index contributed by atoms with van der Waals surface area (Å²) < 4.78 is 1.97. The molecule has 2 atom stereocenters. The minimum atomic E-state index is -1.15. The Morgan fingerprint density at radius 2 is 1.74 bits per heavy atom. The lowest BCUT2D eigenvalue weighted by molar-refractivity contribution is -0.141. The lowest BCUT2D eigenvalue weighted by atomic mass is 10.1. The number of carboxylic acids is 1. The van der Waals surface area contributed by atoms with Crippen LogP contribution in [0.1, 0.15) is 12.5 Å². The molecule has 0 fully saturated rings. The van der Waals surface area contributed by atoms with Gasteiger partial charge in [0.05, 0.1) is 11.0 Å². The van der Waals surface area contributed by atoms with Gasteiger partial charge in [0.2, 0.25) is 11.9 Å². The third kappa shape index (κ3) is 4.20. The topological polar surface area (TPSA) is 117 Å². The van der Waals surface area contributed by atoms with Gasteiger partial charge in [0, 0.05) is 19.5 Å². The number of benzene rings is 2. The zero-order valence-electron chi connectivity index (χ0n) is 17.0. The second-order valence-corrected chi connectivity index (χ2v) is 7.46. The van der Waals surface area contributed by atoms with Crippen molar-refractivity contribution < 1.29 is 19.5 Å². The Hall–Kier alpha value is -3.88. The maximum atomic E-state index is 13.1. The highest BCUT2D eigenvalue weighted by molar-refractivity contribution is 5.97. The standard InChI is InChI=1S/C22H23N5O4/c1-14(20(29)30)23-19(28)17(13-15-7-3-2-4-8-15)25-22(31)27-12-11-26-18-10-6-5-9-16(18)24-21(26)27/h2-10,14,17H,11-13H2,1H3,(H,23,28)(H,25,31)(H,29,30)/t14-,17-/m0/s1. The number of imidazole rings is 1. The molecule has 9 heteroatoms. The molecule has 0 bridgehead atoms. The van der Waals surface area contributed by atoms with Crippen molar-refractivity contribution in [3.8, 4) is 0 Å². The number of fused-ring (bicyclic) bond motifs is 3. The van der Waals surface area contributed by atoms with E-state index < -0.39 is 30.0 Å². The zero-order valence-corrected chi connectivity index (χ0v) is 17.0. The number of anilines is 1. The number of aliphatic carboxylic acids is 1. The lowest BCUT2D eigenvalue weighted by Gasteiger charge is -2.23. The molecule has 1 aliphatic rings. The van der Waals surface area contributed by atoms with Gasteiger partial charge in [0.15, 0.2) is 0 Å². The van der Waals surface area contributed by atoms with Crippen molar-refractivity contribution in [3.63, 3.8) is 0 Å². The van der Waals surface area contributed by atoms with E-state index in [1.165, 1.54) is 11.8 Å². The van der Waals surface area contributed by atoms with Gasteiger partial charge in [-0.3, -0.25) is 14.5 Å². The number of urea groups is 1. The van der Waals surface area contributed by atoms with Gasteiger partial charge >= 0.3 is 12.0 Å². The van der Waals surface area contributed by atoms with Crippen LogP contribution in [0.5, 0.6) is 0 Å². The summed E-state index contributed by atoms with van der Waals surface area (Å²) in [4.78, 5) is 43.1. The van der Waals surface area contributed by atoms with Crippen molar-refractivity contribution >= 4 is 34.9 Å². The smallest absolute Gasteiger partial charge is 0.325 e. The molecule has 1 aliphatic heterocycles. The average Bonchev–Trinajstić information content (AvgIpc) is 3.33. The number of nitrogens with one attached hydrogen (secondary N) is 2. The number of rotatable bonds is 6. The van der Waals surface area contributed by atoms with E-state index in [9.17, 15) is 14.4 Å². The third-order valence-corrected chi connectivity index (χ3v) is 5.29. The Morgan fingerprint density at radius 3 is 2.48 bits per heavy atom. The molecule has 3 aromatic rings. The first-order chi connectivity index (χ1) is 14.9. The predicted molar refractivity (Wildman–Crippen MR) is 115 cm³/mol. The fourth-order valence-corrected chi connectivity index (χ4v) is 3.64. The molecule has 3 N–H and O–H groups in total. The number of carbonyl (C=O) groups is 3. The maximum Gasteiger partial charge on any atom is 0.325 e. The van der Waals surface area contributed by atoms with Gasteiger partial charge in [0.25, 0.3) is 0 Å². The van der Waals surface area contributed by atoms with E-state index in [1.54, 1.807) is 0 Å². The Bertz CT molecular complexity index is 1130. The summed E-state index contributed by atoms with van der Waals surface area (Å²) >= 11 is 0. The molecule has 2 aromatic carbocycles. The van der Waals surface area contributed by atoms with Crippen LogP contribution in [-0.2, 0) is 22.6 Å². The van der Waals surface area contributed by atoms with Crippen LogP contribution in [0.25, 0.3) is 11.0 Å². The van der Waals surface area contributed by atoms with Gasteiger partial charge < -0.3 is 20.3 Å². The predicted octanol–water partition coefficient (Wildman–Crippen LogP) is 1.77. The summed E-state index contributed by atoms with van der Waals surface area (Å²) in [6.45, 7) is 2.42. The van der Waals surface area contributed by atoms with E-state index in [4.69, 9.17) is 5.11 Å². The summed E-state index contributed by atoms with van der Waals surface area (Å²) in [7, 11) is 0. The van der Waals surface area contributed by atoms with Crippen LogP contribution in [0.2, 0.25) is 0 Å². The van der Waals surface area contributed by atoms with Crippen molar-refractivity contribution in [1.82, 2.24) is 20.2 Å². The largest absolute Gasteiger partial charge is 0.480 e. The molecule has 0 saturated carbocycles. The molecule has 2 heterocycles. The Morgan fingerprint density at radius 1 is 1.03 bits per heavy atom. The summed E-state index contributed by atoms with van der Waals surface area (Å²) in [6, 6.07) is 14.4. The van der Waals surface area contributed by atoms with E-state index in [1.807, 2.05) is 59.2 Å². The van der Waals surface area contributed by atoms with E-state index in [-0.39, 0.29) is 6.42 Å². The first-order valence-electron chi connectivity index (χ1n) is 10.0. The zero-order chi connectivity index (χ0) is 22.0. The molecule has 0 spiro atoms. The Balaban J connectivity index is 1.54. The van der Waals surface area contributed by atoms with E-state index in [0.29, 0.717) is 19.0 Å². The van der Waals surface area contributed by atoms with Crippen molar-refractivity contribution in [2.45, 2.75) is 32.0 Å². The number of para-hydroxylation sites is 2. The molecule has 1 aromatic heterocycles. The van der Waals surface area contributed by atoms with Gasteiger partial charge in [-0.05, 0) is 24.6 Å². The van der Waals surface area contributed by atoms with E-state index in [0.717, 1.165) is 16.6 Å². The van der Waals surface area contributed by atoms with Crippen LogP contribution < -0.4 is 15.5 Å². The number of aromatic nitrogens is 2. The first-order valence-corrected chi connectivity index (χ1v) is 10.0. The minimum absolute atomic E-state index is 0.231. The summed E-state index contributed by atoms with van der Waals surface area (Å²) in [5, 5.41) is 14.3. The molecule has 160 valence electrons. The van der Waals surface area contributed by atoms with Crippen molar-refractivity contribution in [3.05, 3.63) is 60.2 Å². The first kappa shape index (κ1) is 20.4. The molecule has 9 nitrogen and oxygen atoms in total. The molecule has 0 unspecified atom stereocenters. The summed E-state index contributed by atoms with van der Waals surface area (Å²) in [6.07, 6.45) is 0.231. The molecule has 3 amide bonds. The van der Waals surface area contributed by atoms with Crippen LogP contribution in [0.3, 0.4) is 0 Å². The third-order valence-electron chi connectivity index (χ3n) is 5.29. The van der Waals surface area contributed by atoms with Crippen LogP contribution in [0.4, 0.5) is 10.7 Å². The number of carboxylic acid groups (broad SMARTS) is 1. The molecule has 4 rings (SSSR count). The Labute approximate surface area is 178 Å². The molecular weight excluding hydrogens is 398 g/mol. The second-order valence-electron chi connectivity index (χ2n) is 7.46. The minimum Gasteiger partial charge on any atom is -0.480 e. The van der Waals surface area contributed by atoms with Gasteiger partial charge in [-0.15, -0.1) is 0 Å². The number of nitrogens with zero attached hydrogens (tertiary/aromatic N) is 3. The van der Waals surface area contributed by atoms with Crippen LogP contribution in [-0.4, -0.2) is 51.2 Å². The highest BCUT2D eigenvalue weighted by atomic mass is 16.4. The molecule has 0 aliphatic carbocycles. The van der Waals surface area contributed by atoms with E-state index in [2.05, 4.69) is 15.6 Å². The fraction of sp³-hybridized carbons (Fsp3) is 0.273. The highest BCUT2D eigenvalue weighted by Crippen LogP contribution is 2.27. The number of hydrogen-bond donors (Lipinski definition) is 3. The van der Waals surface area contributed by atoms with Gasteiger partial charge in [-0.25, -0.2) is 9.78 Å². The summed E-state index contributed by atoms with van der Waals surface area (Å²) in [5.41, 5.74) is 2.59. The fourth-order valence-electron chi connectivity index (χ4n) is 3.64. The second kappa shape index (κ2) is 8.47. The average molecular weight is 421 g/mol. The van der Waals surface area contributed by atoms with Crippen LogP contribution in [0, 0.1) is 0 Å². The van der Waals surface area contributed by atoms with Crippen LogP contribution >= 0.6 is 0 Å². The molecule has 31 heavy (non-hydrogen) atoms. The van der Waals surface area contributed by atoms with Crippen LogP contribution in [0.15, 0.2) is 54.6 Å². The highest BCUT2D eigenvalue weighted by Gasteiger charge is 2.32. The lowest BCUT2D eigenvalue weighted by Crippen LogP contribution is -2.54. The number of amides is 3. The van der Waals surface area contributed by atoms with E-state index >= 15 is 0 Å². The van der Waals surface area contributed by atoms with Crippen molar-refractivity contribution in [2.75, 3.05) is 11.4 Å². The number of carbonyl (C=O) groups excluding carboxylic acids is 2. The Kier molecular flexibility index (Phi) is 5.57. The molecule has 0 radical (unpaired) electrons.